The maximum Gasteiger partial charge on any atom is 0.270 e. The van der Waals surface area contributed by atoms with Crippen molar-refractivity contribution in [1.82, 2.24) is 4.90 Å². The maximum absolute atomic E-state index is 12.4. The Morgan fingerprint density at radius 3 is 3.00 bits per heavy atom. The molecule has 20 heavy (non-hydrogen) atoms. The lowest BCUT2D eigenvalue weighted by molar-refractivity contribution is -0.384. The average Bonchev–Trinajstić information content (AvgIpc) is 2.87. The molecule has 0 aliphatic carbocycles. The van der Waals surface area contributed by atoms with Gasteiger partial charge in [0.2, 0.25) is 0 Å². The minimum absolute atomic E-state index is 0.134. The predicted molar refractivity (Wildman–Crippen MR) is 74.0 cm³/mol. The number of halogens is 1. The molecule has 1 aromatic rings. The molecule has 108 valence electrons. The molecule has 0 bridgehead atoms. The number of likely N-dealkylation sites (tertiary alicyclic amines) is 1. The number of hydrogen-bond donors (Lipinski definition) is 0. The number of rotatable bonds is 4. The van der Waals surface area contributed by atoms with E-state index in [0.717, 1.165) is 6.42 Å². The van der Waals surface area contributed by atoms with Crippen molar-refractivity contribution in [2.24, 2.45) is 5.92 Å². The SMILES string of the molecule is COCC1CCN(C(=O)c2cc([N+](=O)[O-])ccc2Cl)C1. The van der Waals surface area contributed by atoms with Crippen LogP contribution in [0.1, 0.15) is 16.8 Å². The summed E-state index contributed by atoms with van der Waals surface area (Å²) in [5.74, 6) is 0.0405. The van der Waals surface area contributed by atoms with Gasteiger partial charge in [-0.15, -0.1) is 0 Å². The van der Waals surface area contributed by atoms with Crippen LogP contribution >= 0.6 is 11.6 Å². The van der Waals surface area contributed by atoms with Crippen molar-refractivity contribution in [3.63, 3.8) is 0 Å². The van der Waals surface area contributed by atoms with Gasteiger partial charge in [-0.1, -0.05) is 11.6 Å². The summed E-state index contributed by atoms with van der Waals surface area (Å²) in [7, 11) is 1.63. The van der Waals surface area contributed by atoms with Crippen LogP contribution in [0.15, 0.2) is 18.2 Å². The first kappa shape index (κ1) is 14.7. The summed E-state index contributed by atoms with van der Waals surface area (Å²) >= 11 is 5.98. The van der Waals surface area contributed by atoms with E-state index >= 15 is 0 Å². The summed E-state index contributed by atoms with van der Waals surface area (Å²) in [5.41, 5.74) is 0.0457. The summed E-state index contributed by atoms with van der Waals surface area (Å²) in [4.78, 5) is 24.3. The number of non-ortho nitro benzene ring substituents is 1. The normalized spacial score (nSPS) is 18.3. The molecule has 1 atom stereocenters. The van der Waals surface area contributed by atoms with E-state index < -0.39 is 4.92 Å². The lowest BCUT2D eigenvalue weighted by Gasteiger charge is -2.17. The van der Waals surface area contributed by atoms with Crippen LogP contribution < -0.4 is 0 Å². The Labute approximate surface area is 121 Å². The molecule has 0 spiro atoms. The van der Waals surface area contributed by atoms with Gasteiger partial charge in [0.1, 0.15) is 0 Å². The fourth-order valence-electron chi connectivity index (χ4n) is 2.35. The third-order valence-electron chi connectivity index (χ3n) is 3.37. The molecule has 1 unspecified atom stereocenters. The molecular weight excluding hydrogens is 284 g/mol. The molecule has 0 aromatic heterocycles. The zero-order valence-corrected chi connectivity index (χ0v) is 11.8. The minimum atomic E-state index is -0.537. The predicted octanol–water partition coefficient (Wildman–Crippen LogP) is 2.36. The first-order valence-electron chi connectivity index (χ1n) is 6.25. The van der Waals surface area contributed by atoms with Crippen LogP contribution in [-0.4, -0.2) is 42.5 Å². The highest BCUT2D eigenvalue weighted by atomic mass is 35.5. The average molecular weight is 299 g/mol. The number of nitrogens with zero attached hydrogens (tertiary/aromatic N) is 2. The van der Waals surface area contributed by atoms with Gasteiger partial charge in [-0.2, -0.15) is 0 Å². The van der Waals surface area contributed by atoms with Gasteiger partial charge in [0, 0.05) is 38.2 Å². The summed E-state index contributed by atoms with van der Waals surface area (Å²) in [6, 6.07) is 3.90. The number of carbonyl (C=O) groups excluding carboxylic acids is 1. The summed E-state index contributed by atoms with van der Waals surface area (Å²) in [5, 5.41) is 11.0. The number of nitro benzene ring substituents is 1. The molecule has 1 aliphatic rings. The number of amides is 1. The molecule has 1 amide bonds. The van der Waals surface area contributed by atoms with Gasteiger partial charge in [0.25, 0.3) is 11.6 Å². The van der Waals surface area contributed by atoms with Crippen LogP contribution in [0.3, 0.4) is 0 Å². The van der Waals surface area contributed by atoms with Crippen molar-refractivity contribution in [1.29, 1.82) is 0 Å². The zero-order chi connectivity index (χ0) is 14.7. The maximum atomic E-state index is 12.4. The highest BCUT2D eigenvalue weighted by Gasteiger charge is 2.28. The van der Waals surface area contributed by atoms with E-state index in [4.69, 9.17) is 16.3 Å². The minimum Gasteiger partial charge on any atom is -0.384 e. The number of benzene rings is 1. The van der Waals surface area contributed by atoms with Crippen LogP contribution in [0.4, 0.5) is 5.69 Å². The zero-order valence-electron chi connectivity index (χ0n) is 11.0. The summed E-state index contributed by atoms with van der Waals surface area (Å²) in [6.07, 6.45) is 0.867. The van der Waals surface area contributed by atoms with Crippen LogP contribution in [0, 0.1) is 16.0 Å². The Hall–Kier alpha value is -1.66. The molecule has 0 saturated carbocycles. The number of hydrogen-bond acceptors (Lipinski definition) is 4. The van der Waals surface area contributed by atoms with Crippen LogP contribution in [0.25, 0.3) is 0 Å². The van der Waals surface area contributed by atoms with Crippen molar-refractivity contribution in [3.05, 3.63) is 38.9 Å². The van der Waals surface area contributed by atoms with Crippen LogP contribution in [0.5, 0.6) is 0 Å². The van der Waals surface area contributed by atoms with Crippen LogP contribution in [0.2, 0.25) is 5.02 Å². The Bertz CT molecular complexity index is 535. The van der Waals surface area contributed by atoms with Crippen molar-refractivity contribution in [2.45, 2.75) is 6.42 Å². The Kier molecular flexibility index (Phi) is 4.57. The first-order valence-corrected chi connectivity index (χ1v) is 6.63. The second-order valence-corrected chi connectivity index (χ2v) is 5.19. The van der Waals surface area contributed by atoms with Gasteiger partial charge < -0.3 is 9.64 Å². The Balaban J connectivity index is 2.17. The fraction of sp³-hybridized carbons (Fsp3) is 0.462. The molecule has 1 aromatic carbocycles. The van der Waals surface area contributed by atoms with Crippen LogP contribution in [-0.2, 0) is 4.74 Å². The molecule has 1 aliphatic heterocycles. The lowest BCUT2D eigenvalue weighted by Crippen LogP contribution is -2.29. The highest BCUT2D eigenvalue weighted by molar-refractivity contribution is 6.33. The number of nitro groups is 1. The standard InChI is InChI=1S/C13H15ClN2O4/c1-20-8-9-4-5-15(7-9)13(17)11-6-10(16(18)19)2-3-12(11)14/h2-3,6,9H,4-5,7-8H2,1H3. The van der Waals surface area contributed by atoms with E-state index in [1.165, 1.54) is 18.2 Å². The first-order chi connectivity index (χ1) is 9.52. The molecule has 1 saturated heterocycles. The number of ether oxygens (including phenoxy) is 1. The van der Waals surface area contributed by atoms with E-state index in [0.29, 0.717) is 25.6 Å². The van der Waals surface area contributed by atoms with Gasteiger partial charge in [0.15, 0.2) is 0 Å². The smallest absolute Gasteiger partial charge is 0.270 e. The fourth-order valence-corrected chi connectivity index (χ4v) is 2.55. The third-order valence-corrected chi connectivity index (χ3v) is 3.70. The highest BCUT2D eigenvalue weighted by Crippen LogP contribution is 2.26. The topological polar surface area (TPSA) is 72.7 Å². The van der Waals surface area contributed by atoms with E-state index in [1.807, 2.05) is 0 Å². The number of methoxy groups -OCH3 is 1. The second kappa shape index (κ2) is 6.19. The third kappa shape index (κ3) is 3.08. The molecular formula is C13H15ClN2O4. The largest absolute Gasteiger partial charge is 0.384 e. The molecule has 1 heterocycles. The van der Waals surface area contributed by atoms with Gasteiger partial charge >= 0.3 is 0 Å². The van der Waals surface area contributed by atoms with Crippen molar-refractivity contribution < 1.29 is 14.5 Å². The van der Waals surface area contributed by atoms with Gasteiger partial charge in [-0.3, -0.25) is 14.9 Å². The molecule has 1 fully saturated rings. The van der Waals surface area contributed by atoms with Crippen molar-refractivity contribution >= 4 is 23.2 Å². The Morgan fingerprint density at radius 1 is 1.60 bits per heavy atom. The van der Waals surface area contributed by atoms with E-state index in [-0.39, 0.29) is 22.2 Å². The molecule has 2 rings (SSSR count). The van der Waals surface area contributed by atoms with Crippen molar-refractivity contribution in [2.75, 3.05) is 26.8 Å². The molecule has 7 heteroatoms. The summed E-state index contributed by atoms with van der Waals surface area (Å²) in [6.45, 7) is 1.81. The van der Waals surface area contributed by atoms with Gasteiger partial charge in [-0.05, 0) is 12.5 Å². The quantitative estimate of drug-likeness (QED) is 0.632. The second-order valence-electron chi connectivity index (χ2n) is 4.78. The number of carbonyl (C=O) groups is 1. The molecule has 0 radical (unpaired) electrons. The molecule has 6 nitrogen and oxygen atoms in total. The van der Waals surface area contributed by atoms with Gasteiger partial charge in [0.05, 0.1) is 22.1 Å². The lowest BCUT2D eigenvalue weighted by atomic mass is 10.1. The van der Waals surface area contributed by atoms with E-state index in [9.17, 15) is 14.9 Å². The van der Waals surface area contributed by atoms with E-state index in [1.54, 1.807) is 12.0 Å². The van der Waals surface area contributed by atoms with Gasteiger partial charge in [-0.25, -0.2) is 0 Å². The van der Waals surface area contributed by atoms with E-state index in [2.05, 4.69) is 0 Å². The summed E-state index contributed by atoms with van der Waals surface area (Å²) < 4.78 is 5.08. The van der Waals surface area contributed by atoms with Crippen molar-refractivity contribution in [3.8, 4) is 0 Å². The monoisotopic (exact) mass is 298 g/mol. The molecule has 0 N–H and O–H groups in total. The Morgan fingerprint density at radius 2 is 2.35 bits per heavy atom.